The van der Waals surface area contributed by atoms with Gasteiger partial charge >= 0.3 is 0 Å². The Kier molecular flexibility index (Phi) is 4.22. The Morgan fingerprint density at radius 2 is 2.15 bits per heavy atom. The van der Waals surface area contributed by atoms with Crippen LogP contribution in [-0.4, -0.2) is 53.8 Å². The molecule has 3 aliphatic heterocycles. The molecule has 2 atom stereocenters. The number of morpholine rings is 1. The first-order chi connectivity index (χ1) is 12.9. The number of hydrogen-bond donors (Lipinski definition) is 0. The molecule has 0 amide bonds. The van der Waals surface area contributed by atoms with E-state index in [1.165, 1.54) is 24.1 Å². The van der Waals surface area contributed by atoms with Gasteiger partial charge in [0.1, 0.15) is 5.76 Å². The molecule has 0 N–H and O–H groups in total. The van der Waals surface area contributed by atoms with Gasteiger partial charge in [0.2, 0.25) is 5.95 Å². The first-order valence-corrected chi connectivity index (χ1v) is 9.53. The van der Waals surface area contributed by atoms with E-state index in [0.717, 1.165) is 51.0 Å². The molecule has 0 spiro atoms. The average molecular weight is 352 g/mol. The molecule has 0 aromatic carbocycles. The lowest BCUT2D eigenvalue weighted by molar-refractivity contribution is 0.122. The van der Waals surface area contributed by atoms with Crippen molar-refractivity contribution in [3.63, 3.8) is 0 Å². The van der Waals surface area contributed by atoms with Gasteiger partial charge in [0.15, 0.2) is 0 Å². The third-order valence-electron chi connectivity index (χ3n) is 5.75. The fourth-order valence-electron chi connectivity index (χ4n) is 4.44. The Morgan fingerprint density at radius 3 is 3.00 bits per heavy atom. The average Bonchev–Trinajstić information content (AvgIpc) is 3.29. The zero-order chi connectivity index (χ0) is 17.3. The molecule has 5 heterocycles. The van der Waals surface area contributed by atoms with Crippen LogP contribution in [0.3, 0.4) is 0 Å². The van der Waals surface area contributed by atoms with E-state index in [9.17, 15) is 0 Å². The fraction of sp³-hybridized carbons (Fsp3) is 0.500. The Morgan fingerprint density at radius 1 is 1.23 bits per heavy atom. The minimum Gasteiger partial charge on any atom is -0.465 e. The molecule has 136 valence electrons. The third kappa shape index (κ3) is 2.93. The van der Waals surface area contributed by atoms with Crippen LogP contribution in [0, 0.1) is 0 Å². The summed E-state index contributed by atoms with van der Waals surface area (Å²) in [4.78, 5) is 14.5. The van der Waals surface area contributed by atoms with Gasteiger partial charge in [-0.15, -0.1) is 0 Å². The molecule has 2 aromatic heterocycles. The second-order valence-corrected chi connectivity index (χ2v) is 7.24. The van der Waals surface area contributed by atoms with Crippen molar-refractivity contribution in [1.29, 1.82) is 0 Å². The summed E-state index contributed by atoms with van der Waals surface area (Å²) in [5.74, 6) is 1.78. The van der Waals surface area contributed by atoms with Crippen LogP contribution in [-0.2, 0) is 11.2 Å². The fourth-order valence-corrected chi connectivity index (χ4v) is 4.44. The largest absolute Gasteiger partial charge is 0.465 e. The SMILES string of the molecule is C(=C\c1ccco1)/CN1[C@H]2CC[C@@H]1c1cnc(N3CCOCC3)nc1C2. The topological polar surface area (TPSA) is 54.6 Å². The van der Waals surface area contributed by atoms with Crippen LogP contribution in [0.25, 0.3) is 6.08 Å². The molecule has 0 saturated carbocycles. The van der Waals surface area contributed by atoms with Crippen LogP contribution in [0.15, 0.2) is 35.1 Å². The van der Waals surface area contributed by atoms with Gasteiger partial charge in [0, 0.05) is 49.9 Å². The predicted molar refractivity (Wildman–Crippen MR) is 99.0 cm³/mol. The van der Waals surface area contributed by atoms with Gasteiger partial charge in [0.05, 0.1) is 25.2 Å². The number of nitrogens with zero attached hydrogens (tertiary/aromatic N) is 4. The van der Waals surface area contributed by atoms with Crippen molar-refractivity contribution in [2.24, 2.45) is 0 Å². The van der Waals surface area contributed by atoms with Crippen molar-refractivity contribution in [2.75, 3.05) is 37.7 Å². The predicted octanol–water partition coefficient (Wildman–Crippen LogP) is 2.68. The van der Waals surface area contributed by atoms with Gasteiger partial charge in [-0.1, -0.05) is 6.08 Å². The number of rotatable bonds is 4. The summed E-state index contributed by atoms with van der Waals surface area (Å²) in [6.45, 7) is 4.24. The van der Waals surface area contributed by atoms with Gasteiger partial charge < -0.3 is 14.1 Å². The second kappa shape index (κ2) is 6.85. The summed E-state index contributed by atoms with van der Waals surface area (Å²) in [6.07, 6.45) is 11.5. The van der Waals surface area contributed by atoms with Crippen LogP contribution in [0.2, 0.25) is 0 Å². The van der Waals surface area contributed by atoms with Crippen molar-refractivity contribution >= 4 is 12.0 Å². The molecule has 5 rings (SSSR count). The van der Waals surface area contributed by atoms with Crippen molar-refractivity contribution < 1.29 is 9.15 Å². The molecule has 0 radical (unpaired) electrons. The van der Waals surface area contributed by atoms with Crippen molar-refractivity contribution in [1.82, 2.24) is 14.9 Å². The highest BCUT2D eigenvalue weighted by Gasteiger charge is 2.40. The van der Waals surface area contributed by atoms with Crippen LogP contribution in [0.4, 0.5) is 5.95 Å². The minimum atomic E-state index is 0.448. The summed E-state index contributed by atoms with van der Waals surface area (Å²) in [6, 6.07) is 4.94. The maximum atomic E-state index is 5.44. The minimum absolute atomic E-state index is 0.448. The van der Waals surface area contributed by atoms with E-state index in [1.807, 2.05) is 12.1 Å². The highest BCUT2D eigenvalue weighted by molar-refractivity contribution is 5.43. The van der Waals surface area contributed by atoms with Crippen LogP contribution >= 0.6 is 0 Å². The third-order valence-corrected chi connectivity index (χ3v) is 5.75. The molecule has 26 heavy (non-hydrogen) atoms. The Hall–Kier alpha value is -2.18. The quantitative estimate of drug-likeness (QED) is 0.843. The Balaban J connectivity index is 1.33. The lowest BCUT2D eigenvalue weighted by Crippen LogP contribution is -2.40. The van der Waals surface area contributed by atoms with E-state index in [-0.39, 0.29) is 0 Å². The van der Waals surface area contributed by atoms with E-state index in [2.05, 4.69) is 33.1 Å². The molecule has 0 unspecified atom stereocenters. The van der Waals surface area contributed by atoms with Crippen molar-refractivity contribution in [3.05, 3.63) is 47.7 Å². The van der Waals surface area contributed by atoms with Gasteiger partial charge in [-0.05, 0) is 31.1 Å². The normalized spacial score (nSPS) is 25.8. The van der Waals surface area contributed by atoms with Crippen molar-refractivity contribution in [3.8, 4) is 0 Å². The van der Waals surface area contributed by atoms with Gasteiger partial charge in [-0.2, -0.15) is 0 Å². The van der Waals surface area contributed by atoms with Crippen molar-refractivity contribution in [2.45, 2.75) is 31.3 Å². The number of ether oxygens (including phenoxy) is 1. The highest BCUT2D eigenvalue weighted by atomic mass is 16.5. The summed E-state index contributed by atoms with van der Waals surface area (Å²) < 4.78 is 10.8. The van der Waals surface area contributed by atoms with E-state index < -0.39 is 0 Å². The molecule has 6 nitrogen and oxygen atoms in total. The number of furan rings is 1. The standard InChI is InChI=1S/C20H24N4O2/c1(3-16-4-2-10-26-16)7-24-15-5-6-19(24)17-14-21-20(22-18(17)13-15)23-8-11-25-12-9-23/h1-4,10,14-15,19H,5-9,11-13H2/b3-1+/t15-,19+/m0/s1. The van der Waals surface area contributed by atoms with Crippen LogP contribution in [0.1, 0.15) is 35.9 Å². The summed E-state index contributed by atoms with van der Waals surface area (Å²) in [5, 5.41) is 0. The number of hydrogen-bond acceptors (Lipinski definition) is 6. The zero-order valence-corrected chi connectivity index (χ0v) is 14.9. The lowest BCUT2D eigenvalue weighted by atomic mass is 9.99. The molecular weight excluding hydrogens is 328 g/mol. The molecule has 0 aliphatic carbocycles. The molecular formula is C20H24N4O2. The van der Waals surface area contributed by atoms with Gasteiger partial charge in [-0.25, -0.2) is 9.97 Å². The number of aromatic nitrogens is 2. The van der Waals surface area contributed by atoms with E-state index in [1.54, 1.807) is 6.26 Å². The summed E-state index contributed by atoms with van der Waals surface area (Å²) >= 11 is 0. The van der Waals surface area contributed by atoms with Crippen LogP contribution < -0.4 is 4.90 Å². The summed E-state index contributed by atoms with van der Waals surface area (Å²) in [5.41, 5.74) is 2.57. The molecule has 3 aliphatic rings. The van der Waals surface area contributed by atoms with E-state index >= 15 is 0 Å². The van der Waals surface area contributed by atoms with Gasteiger partial charge in [-0.3, -0.25) is 4.90 Å². The van der Waals surface area contributed by atoms with E-state index in [0.29, 0.717) is 12.1 Å². The number of anilines is 1. The monoisotopic (exact) mass is 352 g/mol. The summed E-state index contributed by atoms with van der Waals surface area (Å²) in [7, 11) is 0. The highest BCUT2D eigenvalue weighted by Crippen LogP contribution is 2.43. The maximum Gasteiger partial charge on any atom is 0.225 e. The molecule has 2 fully saturated rings. The lowest BCUT2D eigenvalue weighted by Gasteiger charge is -2.35. The van der Waals surface area contributed by atoms with E-state index in [4.69, 9.17) is 14.1 Å². The van der Waals surface area contributed by atoms with Gasteiger partial charge in [0.25, 0.3) is 0 Å². The second-order valence-electron chi connectivity index (χ2n) is 7.24. The Bertz CT molecular complexity index is 783. The first-order valence-electron chi connectivity index (χ1n) is 9.53. The Labute approximate surface area is 153 Å². The smallest absolute Gasteiger partial charge is 0.225 e. The first kappa shape index (κ1) is 16.0. The zero-order valence-electron chi connectivity index (χ0n) is 14.9. The maximum absolute atomic E-state index is 5.44. The van der Waals surface area contributed by atoms with Crippen LogP contribution in [0.5, 0.6) is 0 Å². The molecule has 2 saturated heterocycles. The molecule has 2 bridgehead atoms. The molecule has 6 heteroatoms. The number of fused-ring (bicyclic) bond motifs is 4. The molecule has 2 aromatic rings.